The van der Waals surface area contributed by atoms with E-state index in [-0.39, 0.29) is 5.21 Å². The Balaban J connectivity index is 2.25. The van der Waals surface area contributed by atoms with Gasteiger partial charge in [0, 0.05) is 6.54 Å². The molecule has 1 saturated carbocycles. The summed E-state index contributed by atoms with van der Waals surface area (Å²) < 4.78 is 24.3. The van der Waals surface area contributed by atoms with Crippen LogP contribution < -0.4 is 4.72 Å². The lowest BCUT2D eigenvalue weighted by Crippen LogP contribution is -2.29. The van der Waals surface area contributed by atoms with Gasteiger partial charge < -0.3 is 0 Å². The predicted octanol–water partition coefficient (Wildman–Crippen LogP) is 1.29. The number of alkyl halides is 1. The molecule has 0 amide bonds. The molecule has 0 atom stereocenters. The van der Waals surface area contributed by atoms with E-state index in [1.807, 2.05) is 0 Å². The van der Waals surface area contributed by atoms with Crippen molar-refractivity contribution in [1.29, 1.82) is 0 Å². The second-order valence-corrected chi connectivity index (χ2v) is 5.61. The summed E-state index contributed by atoms with van der Waals surface area (Å²) in [6.07, 6.45) is 4.75. The SMILES string of the molecule is O=S(=O)(CCl)NCC1CCCC1. The summed E-state index contributed by atoms with van der Waals surface area (Å²) >= 11 is 5.23. The second-order valence-electron chi connectivity index (χ2n) is 3.22. The Kier molecular flexibility index (Phi) is 3.80. The second kappa shape index (κ2) is 4.44. The van der Waals surface area contributed by atoms with Gasteiger partial charge in [0.1, 0.15) is 5.21 Å². The predicted molar refractivity (Wildman–Crippen MR) is 49.6 cm³/mol. The van der Waals surface area contributed by atoms with Crippen LogP contribution in [0.1, 0.15) is 25.7 Å². The fraction of sp³-hybridized carbons (Fsp3) is 1.00. The van der Waals surface area contributed by atoms with Crippen LogP contribution in [0.5, 0.6) is 0 Å². The first-order valence-corrected chi connectivity index (χ1v) is 6.36. The number of rotatable bonds is 4. The van der Waals surface area contributed by atoms with Crippen LogP contribution in [0.2, 0.25) is 0 Å². The molecule has 0 heterocycles. The van der Waals surface area contributed by atoms with Crippen LogP contribution in [0.25, 0.3) is 0 Å². The molecule has 1 N–H and O–H groups in total. The molecule has 1 aliphatic rings. The Labute approximate surface area is 78.5 Å². The van der Waals surface area contributed by atoms with Crippen molar-refractivity contribution in [2.45, 2.75) is 25.7 Å². The van der Waals surface area contributed by atoms with E-state index < -0.39 is 10.0 Å². The zero-order chi connectivity index (χ0) is 9.03. The highest BCUT2D eigenvalue weighted by Gasteiger charge is 2.17. The van der Waals surface area contributed by atoms with Gasteiger partial charge in [-0.1, -0.05) is 12.8 Å². The van der Waals surface area contributed by atoms with Crippen molar-refractivity contribution in [3.63, 3.8) is 0 Å². The van der Waals surface area contributed by atoms with Crippen LogP contribution in [-0.2, 0) is 10.0 Å². The summed E-state index contributed by atoms with van der Waals surface area (Å²) in [7, 11) is -3.19. The van der Waals surface area contributed by atoms with Crippen molar-refractivity contribution in [2.75, 3.05) is 11.8 Å². The van der Waals surface area contributed by atoms with Crippen molar-refractivity contribution in [3.8, 4) is 0 Å². The minimum atomic E-state index is -3.19. The minimum Gasteiger partial charge on any atom is -0.214 e. The molecule has 0 spiro atoms. The van der Waals surface area contributed by atoms with Crippen LogP contribution >= 0.6 is 11.6 Å². The number of sulfonamides is 1. The minimum absolute atomic E-state index is 0.334. The molecule has 3 nitrogen and oxygen atoms in total. The molecular formula is C7H14ClNO2S. The molecule has 0 bridgehead atoms. The molecule has 0 unspecified atom stereocenters. The van der Waals surface area contributed by atoms with Crippen molar-refractivity contribution < 1.29 is 8.42 Å². The van der Waals surface area contributed by atoms with Gasteiger partial charge in [-0.15, -0.1) is 11.6 Å². The van der Waals surface area contributed by atoms with Crippen LogP contribution in [0, 0.1) is 5.92 Å². The molecule has 5 heteroatoms. The topological polar surface area (TPSA) is 46.2 Å². The summed E-state index contributed by atoms with van der Waals surface area (Å²) in [6.45, 7) is 0.565. The van der Waals surface area contributed by atoms with E-state index in [0.29, 0.717) is 12.5 Å². The van der Waals surface area contributed by atoms with Gasteiger partial charge in [-0.25, -0.2) is 13.1 Å². The third kappa shape index (κ3) is 3.29. The maximum atomic E-state index is 10.9. The van der Waals surface area contributed by atoms with Crippen LogP contribution in [0.15, 0.2) is 0 Å². The summed E-state index contributed by atoms with van der Waals surface area (Å²) in [5.74, 6) is 0.531. The van der Waals surface area contributed by atoms with Crippen LogP contribution in [0.3, 0.4) is 0 Å². The van der Waals surface area contributed by atoms with Crippen molar-refractivity contribution in [1.82, 2.24) is 4.72 Å². The van der Waals surface area contributed by atoms with Gasteiger partial charge in [0.2, 0.25) is 10.0 Å². The van der Waals surface area contributed by atoms with E-state index in [2.05, 4.69) is 4.72 Å². The third-order valence-corrected chi connectivity index (χ3v) is 3.97. The van der Waals surface area contributed by atoms with Gasteiger partial charge in [-0.05, 0) is 18.8 Å². The lowest BCUT2D eigenvalue weighted by molar-refractivity contribution is 0.521. The first kappa shape index (κ1) is 10.3. The highest BCUT2D eigenvalue weighted by atomic mass is 35.5. The van der Waals surface area contributed by atoms with Gasteiger partial charge >= 0.3 is 0 Å². The van der Waals surface area contributed by atoms with E-state index in [1.54, 1.807) is 0 Å². The fourth-order valence-electron chi connectivity index (χ4n) is 1.50. The molecule has 1 rings (SSSR count). The molecule has 1 fully saturated rings. The Morgan fingerprint density at radius 2 is 1.92 bits per heavy atom. The van der Waals surface area contributed by atoms with Gasteiger partial charge in [0.25, 0.3) is 0 Å². The average molecular weight is 212 g/mol. The van der Waals surface area contributed by atoms with Gasteiger partial charge in [-0.2, -0.15) is 0 Å². The molecule has 0 aromatic heterocycles. The molecule has 0 aromatic rings. The zero-order valence-corrected chi connectivity index (χ0v) is 8.50. The van der Waals surface area contributed by atoms with Crippen molar-refractivity contribution >= 4 is 21.6 Å². The normalized spacial score (nSPS) is 20.1. The van der Waals surface area contributed by atoms with Crippen molar-refractivity contribution in [3.05, 3.63) is 0 Å². The molecule has 0 saturated heterocycles. The molecule has 0 radical (unpaired) electrons. The van der Waals surface area contributed by atoms with E-state index in [1.165, 1.54) is 12.8 Å². The Morgan fingerprint density at radius 1 is 1.33 bits per heavy atom. The van der Waals surface area contributed by atoms with Gasteiger partial charge in [0.15, 0.2) is 0 Å². The molecule has 0 aliphatic heterocycles. The standard InChI is InChI=1S/C7H14ClNO2S/c8-6-12(10,11)9-5-7-3-1-2-4-7/h7,9H,1-6H2. The Morgan fingerprint density at radius 3 is 2.42 bits per heavy atom. The Hall–Kier alpha value is 0.200. The number of halogens is 1. The molecule has 1 aliphatic carbocycles. The smallest absolute Gasteiger partial charge is 0.214 e. The quantitative estimate of drug-likeness (QED) is 0.713. The van der Waals surface area contributed by atoms with E-state index >= 15 is 0 Å². The number of hydrogen-bond acceptors (Lipinski definition) is 2. The van der Waals surface area contributed by atoms with Gasteiger partial charge in [0.05, 0.1) is 0 Å². The Bertz CT molecular complexity index is 222. The number of hydrogen-bond donors (Lipinski definition) is 1. The maximum absolute atomic E-state index is 10.9. The molecular weight excluding hydrogens is 198 g/mol. The number of nitrogens with one attached hydrogen (secondary N) is 1. The van der Waals surface area contributed by atoms with Gasteiger partial charge in [-0.3, -0.25) is 0 Å². The first-order chi connectivity index (χ1) is 5.64. The van der Waals surface area contributed by atoms with Crippen LogP contribution in [0.4, 0.5) is 0 Å². The molecule has 72 valence electrons. The average Bonchev–Trinajstić information content (AvgIpc) is 2.53. The maximum Gasteiger partial charge on any atom is 0.225 e. The monoisotopic (exact) mass is 211 g/mol. The summed E-state index contributed by atoms with van der Waals surface area (Å²) in [5.41, 5.74) is 0. The summed E-state index contributed by atoms with van der Waals surface area (Å²) in [5, 5.41) is -0.334. The molecule has 0 aromatic carbocycles. The van der Waals surface area contributed by atoms with Crippen LogP contribution in [-0.4, -0.2) is 20.2 Å². The third-order valence-electron chi connectivity index (χ3n) is 2.21. The molecule has 12 heavy (non-hydrogen) atoms. The fourth-order valence-corrected chi connectivity index (χ4v) is 2.30. The van der Waals surface area contributed by atoms with E-state index in [0.717, 1.165) is 12.8 Å². The van der Waals surface area contributed by atoms with E-state index in [9.17, 15) is 8.42 Å². The highest BCUT2D eigenvalue weighted by Crippen LogP contribution is 2.23. The largest absolute Gasteiger partial charge is 0.225 e. The first-order valence-electron chi connectivity index (χ1n) is 4.17. The summed E-state index contributed by atoms with van der Waals surface area (Å²) in [6, 6.07) is 0. The highest BCUT2D eigenvalue weighted by molar-refractivity contribution is 7.90. The lowest BCUT2D eigenvalue weighted by Gasteiger charge is -2.08. The van der Waals surface area contributed by atoms with E-state index in [4.69, 9.17) is 11.6 Å². The zero-order valence-electron chi connectivity index (χ0n) is 6.92. The van der Waals surface area contributed by atoms with Crippen molar-refractivity contribution in [2.24, 2.45) is 5.92 Å². The summed E-state index contributed by atoms with van der Waals surface area (Å²) in [4.78, 5) is 0. The lowest BCUT2D eigenvalue weighted by atomic mass is 10.1.